The van der Waals surface area contributed by atoms with Gasteiger partial charge in [-0.05, 0) is 17.2 Å². The van der Waals surface area contributed by atoms with Gasteiger partial charge in [0.25, 0.3) is 0 Å². The zero-order chi connectivity index (χ0) is 26.1. The number of hydrogen-bond acceptors (Lipinski definition) is 9. The second-order valence-electron chi connectivity index (χ2n) is 8.79. The van der Waals surface area contributed by atoms with E-state index in [4.69, 9.17) is 18.9 Å². The molecule has 2 aliphatic rings. The number of ether oxygens (including phenoxy) is 4. The van der Waals surface area contributed by atoms with Crippen molar-refractivity contribution in [2.75, 3.05) is 18.6 Å². The molecule has 0 bridgehead atoms. The molecule has 2 N–H and O–H groups in total. The fraction of sp³-hybridized carbons (Fsp3) is 0.308. The molecule has 11 nitrogen and oxygen atoms in total. The van der Waals surface area contributed by atoms with Crippen LogP contribution in [0.2, 0.25) is 0 Å². The summed E-state index contributed by atoms with van der Waals surface area (Å²) in [5, 5.41) is 11.1. The first-order chi connectivity index (χ1) is 17.8. The number of benzene rings is 2. The molecule has 0 radical (unpaired) electrons. The lowest BCUT2D eigenvalue weighted by atomic mass is 9.95. The minimum Gasteiger partial charge on any atom is -0.506 e. The highest BCUT2D eigenvalue weighted by molar-refractivity contribution is 6.03. The molecule has 2 aromatic carbocycles. The van der Waals surface area contributed by atoms with E-state index in [-0.39, 0.29) is 49.4 Å². The molecule has 1 saturated heterocycles. The van der Waals surface area contributed by atoms with Crippen LogP contribution in [-0.4, -0.2) is 60.0 Å². The Labute approximate surface area is 210 Å². The van der Waals surface area contributed by atoms with Gasteiger partial charge in [0.15, 0.2) is 6.10 Å². The number of carbonyl (C=O) groups excluding carboxylic acids is 4. The number of cyclic esters (lactones) is 1. The maximum atomic E-state index is 13.2. The summed E-state index contributed by atoms with van der Waals surface area (Å²) in [5.74, 6) is -1.98. The number of aromatic nitrogens is 1. The Hall–Kier alpha value is -4.54. The van der Waals surface area contributed by atoms with Crippen molar-refractivity contribution >= 4 is 40.6 Å². The number of rotatable bonds is 5. The minimum atomic E-state index is -0.995. The predicted molar refractivity (Wildman–Crippen MR) is 128 cm³/mol. The van der Waals surface area contributed by atoms with Gasteiger partial charge in [-0.25, -0.2) is 14.4 Å². The van der Waals surface area contributed by atoms with Crippen molar-refractivity contribution in [2.24, 2.45) is 0 Å². The zero-order valence-electron chi connectivity index (χ0n) is 19.9. The average Bonchev–Trinajstić information content (AvgIpc) is 3.55. The van der Waals surface area contributed by atoms with Crippen molar-refractivity contribution in [3.63, 3.8) is 0 Å². The van der Waals surface area contributed by atoms with Crippen molar-refractivity contribution in [1.82, 2.24) is 4.98 Å². The quantitative estimate of drug-likeness (QED) is 0.392. The number of aromatic hydroxyl groups is 1. The van der Waals surface area contributed by atoms with E-state index < -0.39 is 36.2 Å². The highest BCUT2D eigenvalue weighted by atomic mass is 16.6. The lowest BCUT2D eigenvalue weighted by molar-refractivity contribution is -0.165. The van der Waals surface area contributed by atoms with Crippen LogP contribution < -0.4 is 4.90 Å². The first kappa shape index (κ1) is 24.2. The van der Waals surface area contributed by atoms with Crippen LogP contribution in [0, 0.1) is 0 Å². The van der Waals surface area contributed by atoms with Gasteiger partial charge in [0.05, 0.1) is 24.9 Å². The molecule has 1 fully saturated rings. The third kappa shape index (κ3) is 4.80. The van der Waals surface area contributed by atoms with Crippen molar-refractivity contribution in [1.29, 1.82) is 0 Å². The first-order valence-electron chi connectivity index (χ1n) is 11.7. The number of aromatic amines is 1. The fourth-order valence-corrected chi connectivity index (χ4v) is 4.57. The van der Waals surface area contributed by atoms with E-state index in [1.54, 1.807) is 0 Å². The Morgan fingerprint density at radius 1 is 1.19 bits per heavy atom. The van der Waals surface area contributed by atoms with Crippen LogP contribution in [0.4, 0.5) is 10.5 Å². The molecular formula is C26H24N2O9. The van der Waals surface area contributed by atoms with Gasteiger partial charge in [-0.1, -0.05) is 30.3 Å². The van der Waals surface area contributed by atoms with Gasteiger partial charge in [-0.15, -0.1) is 0 Å². The molecule has 0 saturated carbocycles. The topological polar surface area (TPSA) is 144 Å². The number of anilines is 1. The standard InChI is InChI=1S/C26H24N2O9/c1-34-24(31)18-10-17-16-9-15(36-25(32)21-7-8-22(30)37-21)12-28(19(16)11-20(29)23(17)27-18)26(33)35-13-14-5-3-2-4-6-14/h2-6,10-11,15,21,27,29H,7-9,12-13H2,1H3/t15?,21-/m1/s1. The molecule has 1 unspecified atom stereocenters. The normalized spacial score (nSPS) is 18.7. The van der Waals surface area contributed by atoms with Gasteiger partial charge in [0.2, 0.25) is 0 Å². The van der Waals surface area contributed by atoms with Gasteiger partial charge in [-0.2, -0.15) is 0 Å². The minimum absolute atomic E-state index is 0.0128. The van der Waals surface area contributed by atoms with Gasteiger partial charge in [0.1, 0.15) is 24.2 Å². The van der Waals surface area contributed by atoms with Gasteiger partial charge >= 0.3 is 24.0 Å². The van der Waals surface area contributed by atoms with E-state index in [1.807, 2.05) is 30.3 Å². The summed E-state index contributed by atoms with van der Waals surface area (Å²) in [7, 11) is 1.24. The number of nitrogens with one attached hydrogen (secondary N) is 1. The number of carbonyl (C=O) groups is 4. The predicted octanol–water partition coefficient (Wildman–Crippen LogP) is 2.98. The number of H-pyrrole nitrogens is 1. The summed E-state index contributed by atoms with van der Waals surface area (Å²) in [6.07, 6.45) is -1.97. The number of amides is 1. The summed E-state index contributed by atoms with van der Waals surface area (Å²) in [6.45, 7) is -0.0366. The zero-order valence-corrected chi connectivity index (χ0v) is 19.9. The Balaban J connectivity index is 1.48. The molecule has 37 heavy (non-hydrogen) atoms. The number of hydrogen-bond donors (Lipinski definition) is 2. The number of phenolic OH excluding ortho intramolecular Hbond substituents is 1. The lowest BCUT2D eigenvalue weighted by Gasteiger charge is -2.34. The van der Waals surface area contributed by atoms with Crippen LogP contribution in [0.1, 0.15) is 34.5 Å². The van der Waals surface area contributed by atoms with E-state index in [0.717, 1.165) is 5.56 Å². The maximum absolute atomic E-state index is 13.2. The van der Waals surface area contributed by atoms with Crippen molar-refractivity contribution in [3.05, 3.63) is 59.3 Å². The van der Waals surface area contributed by atoms with Crippen molar-refractivity contribution < 1.29 is 43.2 Å². The maximum Gasteiger partial charge on any atom is 0.414 e. The van der Waals surface area contributed by atoms with E-state index in [2.05, 4.69) is 4.98 Å². The van der Waals surface area contributed by atoms with Gasteiger partial charge in [0, 0.05) is 30.7 Å². The second-order valence-corrected chi connectivity index (χ2v) is 8.79. The monoisotopic (exact) mass is 508 g/mol. The Morgan fingerprint density at radius 3 is 2.68 bits per heavy atom. The summed E-state index contributed by atoms with van der Waals surface area (Å²) in [4.78, 5) is 53.5. The van der Waals surface area contributed by atoms with Gasteiger partial charge in [-0.3, -0.25) is 9.69 Å². The number of esters is 3. The number of phenols is 1. The molecule has 5 rings (SSSR count). The molecule has 3 heterocycles. The Bertz CT molecular complexity index is 1380. The lowest BCUT2D eigenvalue weighted by Crippen LogP contribution is -2.45. The largest absolute Gasteiger partial charge is 0.506 e. The van der Waals surface area contributed by atoms with Crippen LogP contribution in [0.25, 0.3) is 10.9 Å². The second kappa shape index (κ2) is 9.84. The summed E-state index contributed by atoms with van der Waals surface area (Å²) >= 11 is 0. The molecule has 3 aromatic rings. The summed E-state index contributed by atoms with van der Waals surface area (Å²) in [5.41, 5.74) is 2.08. The SMILES string of the molecule is COC(=O)c1cc2c3c(cc(O)c2[nH]1)N(C(=O)OCc1ccccc1)CC(OC(=O)[C@H]1CCC(=O)O1)C3. The molecule has 1 aromatic heterocycles. The highest BCUT2D eigenvalue weighted by Gasteiger charge is 2.37. The first-order valence-corrected chi connectivity index (χ1v) is 11.7. The summed E-state index contributed by atoms with van der Waals surface area (Å²) < 4.78 is 21.0. The Kier molecular flexibility index (Phi) is 6.43. The molecule has 2 atom stereocenters. The molecule has 11 heteroatoms. The smallest absolute Gasteiger partial charge is 0.414 e. The molecule has 1 amide bonds. The van der Waals surface area contributed by atoms with Crippen LogP contribution in [0.3, 0.4) is 0 Å². The van der Waals surface area contributed by atoms with E-state index in [1.165, 1.54) is 24.1 Å². The number of nitrogens with zero attached hydrogens (tertiary/aromatic N) is 1. The van der Waals surface area contributed by atoms with Crippen molar-refractivity contribution in [3.8, 4) is 5.75 Å². The molecule has 0 aliphatic carbocycles. The third-order valence-corrected chi connectivity index (χ3v) is 6.35. The van der Waals surface area contributed by atoms with Crippen LogP contribution in [-0.2, 0) is 41.6 Å². The molecule has 0 spiro atoms. The summed E-state index contributed by atoms with van der Waals surface area (Å²) in [6, 6.07) is 12.0. The molecule has 192 valence electrons. The van der Waals surface area contributed by atoms with Crippen LogP contribution in [0.5, 0.6) is 5.75 Å². The van der Waals surface area contributed by atoms with E-state index in [0.29, 0.717) is 16.6 Å². The highest BCUT2D eigenvalue weighted by Crippen LogP contribution is 2.40. The molecule has 2 aliphatic heterocycles. The number of fused-ring (bicyclic) bond motifs is 3. The van der Waals surface area contributed by atoms with Gasteiger partial charge < -0.3 is 29.0 Å². The van der Waals surface area contributed by atoms with E-state index >= 15 is 0 Å². The van der Waals surface area contributed by atoms with E-state index in [9.17, 15) is 24.3 Å². The third-order valence-electron chi connectivity index (χ3n) is 6.35. The Morgan fingerprint density at radius 2 is 1.97 bits per heavy atom. The van der Waals surface area contributed by atoms with Crippen molar-refractivity contribution in [2.45, 2.75) is 38.1 Å². The van der Waals surface area contributed by atoms with Crippen LogP contribution in [0.15, 0.2) is 42.5 Å². The van der Waals surface area contributed by atoms with Crippen LogP contribution >= 0.6 is 0 Å². The molecular weight excluding hydrogens is 484 g/mol. The number of methoxy groups -OCH3 is 1. The fourth-order valence-electron chi connectivity index (χ4n) is 4.57. The average molecular weight is 508 g/mol.